The third-order valence-corrected chi connectivity index (χ3v) is 2.95. The molecule has 0 radical (unpaired) electrons. The number of rotatable bonds is 6. The second-order valence-corrected chi connectivity index (χ2v) is 5.15. The van der Waals surface area contributed by atoms with E-state index < -0.39 is 11.6 Å². The van der Waals surface area contributed by atoms with Crippen LogP contribution in [0.4, 0.5) is 0 Å². The standard InChI is InChI=1S/C12H23N3O2/c1-4-7-12(3,13)11(17)14-8(2)10(16)15-9-5-6-9/h8-9H,4-7,13H2,1-3H3,(H,14,17)(H,15,16). The first-order valence-corrected chi connectivity index (χ1v) is 6.27. The highest BCUT2D eigenvalue weighted by atomic mass is 16.2. The molecule has 0 aromatic rings. The molecule has 0 aromatic carbocycles. The number of nitrogens with two attached hydrogens (primary N) is 1. The normalized spacial score (nSPS) is 20.2. The van der Waals surface area contributed by atoms with Crippen LogP contribution in [0.3, 0.4) is 0 Å². The van der Waals surface area contributed by atoms with Gasteiger partial charge in [-0.05, 0) is 33.1 Å². The van der Waals surface area contributed by atoms with Crippen LogP contribution in [0.15, 0.2) is 0 Å². The Morgan fingerprint density at radius 2 is 2.06 bits per heavy atom. The molecule has 1 aliphatic rings. The summed E-state index contributed by atoms with van der Waals surface area (Å²) in [4.78, 5) is 23.5. The Balaban J connectivity index is 2.40. The van der Waals surface area contributed by atoms with Crippen molar-refractivity contribution in [1.82, 2.24) is 10.6 Å². The second kappa shape index (κ2) is 5.49. The lowest BCUT2D eigenvalue weighted by atomic mass is 9.96. The summed E-state index contributed by atoms with van der Waals surface area (Å²) in [7, 11) is 0. The number of nitrogens with one attached hydrogen (secondary N) is 2. The van der Waals surface area contributed by atoms with Gasteiger partial charge >= 0.3 is 0 Å². The summed E-state index contributed by atoms with van der Waals surface area (Å²) in [5.41, 5.74) is 4.99. The predicted octanol–water partition coefficient (Wildman–Crippen LogP) is 0.287. The molecule has 1 saturated carbocycles. The highest BCUT2D eigenvalue weighted by Crippen LogP contribution is 2.18. The summed E-state index contributed by atoms with van der Waals surface area (Å²) in [5, 5.41) is 5.51. The molecule has 0 spiro atoms. The van der Waals surface area contributed by atoms with Gasteiger partial charge in [0.2, 0.25) is 11.8 Å². The zero-order chi connectivity index (χ0) is 13.1. The van der Waals surface area contributed by atoms with E-state index in [9.17, 15) is 9.59 Å². The van der Waals surface area contributed by atoms with Crippen molar-refractivity contribution in [3.63, 3.8) is 0 Å². The quantitative estimate of drug-likeness (QED) is 0.625. The minimum Gasteiger partial charge on any atom is -0.352 e. The predicted molar refractivity (Wildman–Crippen MR) is 66.3 cm³/mol. The zero-order valence-corrected chi connectivity index (χ0v) is 10.9. The fraction of sp³-hybridized carbons (Fsp3) is 0.833. The van der Waals surface area contributed by atoms with E-state index in [1.807, 2.05) is 6.92 Å². The molecular weight excluding hydrogens is 218 g/mol. The molecule has 0 bridgehead atoms. The summed E-state index contributed by atoms with van der Waals surface area (Å²) in [6.45, 7) is 5.34. The summed E-state index contributed by atoms with van der Waals surface area (Å²) < 4.78 is 0. The Morgan fingerprint density at radius 3 is 2.53 bits per heavy atom. The highest BCUT2D eigenvalue weighted by Gasteiger charge is 2.31. The van der Waals surface area contributed by atoms with E-state index >= 15 is 0 Å². The van der Waals surface area contributed by atoms with Gasteiger partial charge in [0.15, 0.2) is 0 Å². The molecule has 5 heteroatoms. The molecule has 1 rings (SSSR count). The van der Waals surface area contributed by atoms with Gasteiger partial charge in [0.25, 0.3) is 0 Å². The lowest BCUT2D eigenvalue weighted by Crippen LogP contribution is -2.56. The van der Waals surface area contributed by atoms with Gasteiger partial charge in [0, 0.05) is 6.04 Å². The summed E-state index contributed by atoms with van der Waals surface area (Å²) in [6.07, 6.45) is 3.52. The van der Waals surface area contributed by atoms with Crippen molar-refractivity contribution in [2.24, 2.45) is 5.73 Å². The third-order valence-electron chi connectivity index (χ3n) is 2.95. The monoisotopic (exact) mass is 241 g/mol. The lowest BCUT2D eigenvalue weighted by molar-refractivity contribution is -0.131. The fourth-order valence-corrected chi connectivity index (χ4v) is 1.61. The Labute approximate surface area is 103 Å². The summed E-state index contributed by atoms with van der Waals surface area (Å²) in [6, 6.07) is -0.218. The topological polar surface area (TPSA) is 84.2 Å². The smallest absolute Gasteiger partial charge is 0.242 e. The van der Waals surface area contributed by atoms with Crippen LogP contribution in [0.2, 0.25) is 0 Å². The van der Waals surface area contributed by atoms with Crippen molar-refractivity contribution in [1.29, 1.82) is 0 Å². The number of carbonyl (C=O) groups excluding carboxylic acids is 2. The van der Waals surface area contributed by atoms with Crippen LogP contribution in [0.1, 0.15) is 46.5 Å². The van der Waals surface area contributed by atoms with Gasteiger partial charge in [-0.25, -0.2) is 0 Å². The number of hydrogen-bond donors (Lipinski definition) is 3. The van der Waals surface area contributed by atoms with Gasteiger partial charge in [-0.2, -0.15) is 0 Å². The van der Waals surface area contributed by atoms with Crippen LogP contribution >= 0.6 is 0 Å². The molecule has 17 heavy (non-hydrogen) atoms. The minimum absolute atomic E-state index is 0.131. The van der Waals surface area contributed by atoms with Gasteiger partial charge in [-0.15, -0.1) is 0 Å². The van der Waals surface area contributed by atoms with Gasteiger partial charge in [0.1, 0.15) is 6.04 Å². The molecule has 1 aliphatic carbocycles. The lowest BCUT2D eigenvalue weighted by Gasteiger charge is -2.25. The molecule has 4 N–H and O–H groups in total. The van der Waals surface area contributed by atoms with Crippen LogP contribution in [0, 0.1) is 0 Å². The van der Waals surface area contributed by atoms with Crippen LogP contribution in [0.25, 0.3) is 0 Å². The first kappa shape index (κ1) is 14.0. The van der Waals surface area contributed by atoms with E-state index in [0.29, 0.717) is 12.5 Å². The Hall–Kier alpha value is -1.10. The van der Waals surface area contributed by atoms with Crippen molar-refractivity contribution in [2.45, 2.75) is 64.1 Å². The molecule has 0 aliphatic heterocycles. The van der Waals surface area contributed by atoms with Crippen molar-refractivity contribution in [3.8, 4) is 0 Å². The van der Waals surface area contributed by atoms with E-state index in [1.165, 1.54) is 0 Å². The van der Waals surface area contributed by atoms with Gasteiger partial charge in [-0.1, -0.05) is 13.3 Å². The van der Waals surface area contributed by atoms with Crippen LogP contribution in [-0.2, 0) is 9.59 Å². The van der Waals surface area contributed by atoms with Gasteiger partial charge < -0.3 is 16.4 Å². The SMILES string of the molecule is CCCC(C)(N)C(=O)NC(C)C(=O)NC1CC1. The van der Waals surface area contributed by atoms with Crippen molar-refractivity contribution in [2.75, 3.05) is 0 Å². The van der Waals surface area contributed by atoms with Gasteiger partial charge in [0.05, 0.1) is 5.54 Å². The fourth-order valence-electron chi connectivity index (χ4n) is 1.61. The summed E-state index contributed by atoms with van der Waals surface area (Å²) >= 11 is 0. The second-order valence-electron chi connectivity index (χ2n) is 5.15. The molecule has 5 nitrogen and oxygen atoms in total. The molecule has 0 aromatic heterocycles. The minimum atomic E-state index is -0.900. The maximum atomic E-state index is 11.9. The van der Waals surface area contributed by atoms with E-state index in [1.54, 1.807) is 13.8 Å². The van der Waals surface area contributed by atoms with Crippen LogP contribution < -0.4 is 16.4 Å². The molecular formula is C12H23N3O2. The average molecular weight is 241 g/mol. The maximum absolute atomic E-state index is 11.9. The van der Waals surface area contributed by atoms with E-state index in [0.717, 1.165) is 19.3 Å². The number of amides is 2. The van der Waals surface area contributed by atoms with Crippen molar-refractivity contribution in [3.05, 3.63) is 0 Å². The average Bonchev–Trinajstić information content (AvgIpc) is 3.01. The zero-order valence-electron chi connectivity index (χ0n) is 10.9. The largest absolute Gasteiger partial charge is 0.352 e. The molecule has 98 valence electrons. The molecule has 0 saturated heterocycles. The van der Waals surface area contributed by atoms with E-state index in [-0.39, 0.29) is 11.8 Å². The van der Waals surface area contributed by atoms with Crippen molar-refractivity contribution < 1.29 is 9.59 Å². The summed E-state index contributed by atoms with van der Waals surface area (Å²) in [5.74, 6) is -0.397. The molecule has 2 amide bonds. The Morgan fingerprint density at radius 1 is 1.47 bits per heavy atom. The van der Waals surface area contributed by atoms with Crippen LogP contribution in [0.5, 0.6) is 0 Å². The number of hydrogen-bond acceptors (Lipinski definition) is 3. The van der Waals surface area contributed by atoms with E-state index in [4.69, 9.17) is 5.73 Å². The third kappa shape index (κ3) is 4.34. The van der Waals surface area contributed by atoms with E-state index in [2.05, 4.69) is 10.6 Å². The maximum Gasteiger partial charge on any atom is 0.242 e. The van der Waals surface area contributed by atoms with Crippen molar-refractivity contribution >= 4 is 11.8 Å². The Kier molecular flexibility index (Phi) is 4.51. The molecule has 0 heterocycles. The highest BCUT2D eigenvalue weighted by molar-refractivity contribution is 5.91. The molecule has 2 unspecified atom stereocenters. The first-order valence-electron chi connectivity index (χ1n) is 6.27. The first-order chi connectivity index (χ1) is 7.86. The van der Waals surface area contributed by atoms with Crippen LogP contribution in [-0.4, -0.2) is 29.4 Å². The molecule has 1 fully saturated rings. The Bertz CT molecular complexity index is 298. The molecule has 2 atom stereocenters. The number of carbonyl (C=O) groups is 2. The van der Waals surface area contributed by atoms with Gasteiger partial charge in [-0.3, -0.25) is 9.59 Å².